The van der Waals surface area contributed by atoms with Crippen LogP contribution in [-0.2, 0) is 14.8 Å². The molecule has 0 atom stereocenters. The van der Waals surface area contributed by atoms with E-state index >= 15 is 0 Å². The summed E-state index contributed by atoms with van der Waals surface area (Å²) < 4.78 is 32.0. The van der Waals surface area contributed by atoms with Gasteiger partial charge in [-0.15, -0.1) is 0 Å². The molecule has 2 rings (SSSR count). The van der Waals surface area contributed by atoms with Crippen molar-refractivity contribution >= 4 is 21.7 Å². The second-order valence-electron chi connectivity index (χ2n) is 4.79. The molecule has 0 spiro atoms. The Hall–Kier alpha value is -1.60. The summed E-state index contributed by atoms with van der Waals surface area (Å²) in [6.07, 6.45) is 0.903. The van der Waals surface area contributed by atoms with Gasteiger partial charge < -0.3 is 9.84 Å². The van der Waals surface area contributed by atoms with Crippen LogP contribution in [0.25, 0.3) is 0 Å². The Morgan fingerprint density at radius 3 is 2.60 bits per heavy atom. The van der Waals surface area contributed by atoms with E-state index in [0.717, 1.165) is 0 Å². The van der Waals surface area contributed by atoms with Crippen molar-refractivity contribution in [3.63, 3.8) is 0 Å². The van der Waals surface area contributed by atoms with E-state index in [2.05, 4.69) is 4.72 Å². The highest BCUT2D eigenvalue weighted by Crippen LogP contribution is 2.21. The van der Waals surface area contributed by atoms with Gasteiger partial charge >= 0.3 is 5.97 Å². The molecule has 0 aromatic heterocycles. The Morgan fingerprint density at radius 1 is 1.35 bits per heavy atom. The largest absolute Gasteiger partial charge is 0.478 e. The van der Waals surface area contributed by atoms with Gasteiger partial charge in [-0.05, 0) is 37.5 Å². The van der Waals surface area contributed by atoms with E-state index in [4.69, 9.17) is 9.84 Å². The molecule has 110 valence electrons. The number of rotatable bonds is 4. The van der Waals surface area contributed by atoms with Gasteiger partial charge in [0.2, 0.25) is 10.0 Å². The highest BCUT2D eigenvalue weighted by Gasteiger charge is 2.27. The van der Waals surface area contributed by atoms with Crippen LogP contribution in [0.1, 0.15) is 28.8 Å². The van der Waals surface area contributed by atoms with E-state index in [0.29, 0.717) is 31.6 Å². The number of carboxylic acid groups (broad SMARTS) is 1. The fraction of sp³-hybridized carbons (Fsp3) is 0.462. The average Bonchev–Trinajstić information content (AvgIpc) is 2.41. The average molecular weight is 299 g/mol. The molecule has 1 fully saturated rings. The first-order valence-corrected chi connectivity index (χ1v) is 7.88. The first kappa shape index (κ1) is 14.8. The van der Waals surface area contributed by atoms with Crippen molar-refractivity contribution in [3.8, 4) is 0 Å². The van der Waals surface area contributed by atoms with Crippen LogP contribution >= 0.6 is 0 Å². The number of ether oxygens (including phenoxy) is 1. The molecule has 0 saturated carbocycles. The van der Waals surface area contributed by atoms with Crippen molar-refractivity contribution in [2.75, 3.05) is 17.9 Å². The molecule has 1 heterocycles. The number of benzene rings is 1. The highest BCUT2D eigenvalue weighted by atomic mass is 32.2. The molecule has 1 aliphatic heterocycles. The number of carboxylic acids is 1. The summed E-state index contributed by atoms with van der Waals surface area (Å²) >= 11 is 0. The monoisotopic (exact) mass is 299 g/mol. The molecule has 1 saturated heterocycles. The van der Waals surface area contributed by atoms with Gasteiger partial charge in [0.05, 0.1) is 10.8 Å². The van der Waals surface area contributed by atoms with Crippen molar-refractivity contribution in [2.45, 2.75) is 25.0 Å². The van der Waals surface area contributed by atoms with E-state index in [1.165, 1.54) is 6.07 Å². The summed E-state index contributed by atoms with van der Waals surface area (Å²) in [6, 6.07) is 4.50. The Labute approximate surface area is 117 Å². The summed E-state index contributed by atoms with van der Waals surface area (Å²) in [5.74, 6) is -1.07. The van der Waals surface area contributed by atoms with E-state index < -0.39 is 21.2 Å². The van der Waals surface area contributed by atoms with Crippen molar-refractivity contribution in [1.29, 1.82) is 0 Å². The maximum atomic E-state index is 12.2. The number of aryl methyl sites for hydroxylation is 1. The van der Waals surface area contributed by atoms with Gasteiger partial charge in [0, 0.05) is 18.9 Å². The zero-order valence-corrected chi connectivity index (χ0v) is 11.9. The van der Waals surface area contributed by atoms with Gasteiger partial charge in [-0.1, -0.05) is 6.07 Å². The van der Waals surface area contributed by atoms with Crippen molar-refractivity contribution in [1.82, 2.24) is 0 Å². The molecule has 20 heavy (non-hydrogen) atoms. The second kappa shape index (κ2) is 5.80. The SMILES string of the molecule is Cc1ccc(NS(=O)(=O)C2CCOCC2)cc1C(=O)O. The molecule has 0 unspecified atom stereocenters. The van der Waals surface area contributed by atoms with Gasteiger partial charge in [-0.2, -0.15) is 0 Å². The Morgan fingerprint density at radius 2 is 2.00 bits per heavy atom. The van der Waals surface area contributed by atoms with Crippen molar-refractivity contribution in [3.05, 3.63) is 29.3 Å². The number of sulfonamides is 1. The fourth-order valence-corrected chi connectivity index (χ4v) is 3.58. The minimum absolute atomic E-state index is 0.0946. The fourth-order valence-electron chi connectivity index (χ4n) is 2.15. The van der Waals surface area contributed by atoms with Crippen LogP contribution < -0.4 is 4.72 Å². The number of nitrogens with one attached hydrogen (secondary N) is 1. The van der Waals surface area contributed by atoms with Crippen LogP contribution in [0, 0.1) is 6.92 Å². The number of aromatic carboxylic acids is 1. The summed E-state index contributed by atoms with van der Waals surface area (Å²) in [5, 5.41) is 8.55. The molecule has 1 aromatic carbocycles. The molecule has 2 N–H and O–H groups in total. The Kier molecular flexibility index (Phi) is 4.29. The van der Waals surface area contributed by atoms with Crippen molar-refractivity contribution in [2.24, 2.45) is 0 Å². The first-order chi connectivity index (χ1) is 9.40. The van der Waals surface area contributed by atoms with Crippen LogP contribution in [-0.4, -0.2) is 38.0 Å². The third-order valence-corrected chi connectivity index (χ3v) is 5.20. The van der Waals surface area contributed by atoms with Crippen LogP contribution in [0.15, 0.2) is 18.2 Å². The number of hydrogen-bond donors (Lipinski definition) is 2. The van der Waals surface area contributed by atoms with Crippen molar-refractivity contribution < 1.29 is 23.1 Å². The van der Waals surface area contributed by atoms with E-state index in [-0.39, 0.29) is 11.3 Å². The Balaban J connectivity index is 2.20. The highest BCUT2D eigenvalue weighted by molar-refractivity contribution is 7.93. The number of carbonyl (C=O) groups is 1. The zero-order chi connectivity index (χ0) is 14.8. The smallest absolute Gasteiger partial charge is 0.336 e. The molecule has 1 aromatic rings. The third kappa shape index (κ3) is 3.29. The van der Waals surface area contributed by atoms with Crippen LogP contribution in [0.5, 0.6) is 0 Å². The summed E-state index contributed by atoms with van der Waals surface area (Å²) in [4.78, 5) is 11.0. The molecular formula is C13H17NO5S. The quantitative estimate of drug-likeness (QED) is 0.881. The minimum Gasteiger partial charge on any atom is -0.478 e. The standard InChI is InChI=1S/C13H17NO5S/c1-9-2-3-10(8-12(9)13(15)16)14-20(17,18)11-4-6-19-7-5-11/h2-3,8,11,14H,4-7H2,1H3,(H,15,16). The van der Waals surface area contributed by atoms with Gasteiger partial charge in [-0.3, -0.25) is 4.72 Å². The number of anilines is 1. The lowest BCUT2D eigenvalue weighted by Crippen LogP contribution is -2.33. The van der Waals surface area contributed by atoms with Gasteiger partial charge in [0.1, 0.15) is 0 Å². The van der Waals surface area contributed by atoms with Crippen LogP contribution in [0.2, 0.25) is 0 Å². The van der Waals surface area contributed by atoms with E-state index in [1.54, 1.807) is 19.1 Å². The molecule has 7 heteroatoms. The maximum Gasteiger partial charge on any atom is 0.336 e. The lowest BCUT2D eigenvalue weighted by atomic mass is 10.1. The maximum absolute atomic E-state index is 12.2. The minimum atomic E-state index is -3.51. The molecule has 1 aliphatic rings. The lowest BCUT2D eigenvalue weighted by Gasteiger charge is -2.22. The third-order valence-electron chi connectivity index (χ3n) is 3.34. The van der Waals surface area contributed by atoms with Gasteiger partial charge in [-0.25, -0.2) is 13.2 Å². The predicted octanol–water partition coefficient (Wildman–Crippen LogP) is 1.61. The number of hydrogen-bond acceptors (Lipinski definition) is 4. The van der Waals surface area contributed by atoms with Crippen LogP contribution in [0.4, 0.5) is 5.69 Å². The van der Waals surface area contributed by atoms with Crippen LogP contribution in [0.3, 0.4) is 0 Å². The second-order valence-corrected chi connectivity index (χ2v) is 6.75. The van der Waals surface area contributed by atoms with Gasteiger partial charge in [0.25, 0.3) is 0 Å². The molecular weight excluding hydrogens is 282 g/mol. The molecule has 6 nitrogen and oxygen atoms in total. The molecule has 0 aliphatic carbocycles. The van der Waals surface area contributed by atoms with E-state index in [1.807, 2.05) is 0 Å². The zero-order valence-electron chi connectivity index (χ0n) is 11.1. The van der Waals surface area contributed by atoms with E-state index in [9.17, 15) is 13.2 Å². The lowest BCUT2D eigenvalue weighted by molar-refractivity contribution is 0.0696. The molecule has 0 amide bonds. The topological polar surface area (TPSA) is 92.7 Å². The van der Waals surface area contributed by atoms with Gasteiger partial charge in [0.15, 0.2) is 0 Å². The molecule has 0 bridgehead atoms. The Bertz CT molecular complexity index is 605. The normalized spacial score (nSPS) is 16.9. The molecule has 0 radical (unpaired) electrons. The summed E-state index contributed by atoms with van der Waals surface area (Å²) in [7, 11) is -3.51. The summed E-state index contributed by atoms with van der Waals surface area (Å²) in [5.41, 5.74) is 0.961. The summed E-state index contributed by atoms with van der Waals surface area (Å²) in [6.45, 7) is 2.53. The first-order valence-electron chi connectivity index (χ1n) is 6.33. The predicted molar refractivity (Wildman–Crippen MR) is 74.5 cm³/mol.